The van der Waals surface area contributed by atoms with Crippen LogP contribution in [0.15, 0.2) is 42.6 Å². The summed E-state index contributed by atoms with van der Waals surface area (Å²) in [5.74, 6) is 0.965. The number of benzene rings is 1. The SMILES string of the molecule is CCCCCCCCCCCc1ccc(-c2ccc(O[C@H](C)CCCCCC)cc2)cn1. The summed E-state index contributed by atoms with van der Waals surface area (Å²) in [5, 5.41) is 0. The Hall–Kier alpha value is -1.83. The molecule has 2 nitrogen and oxygen atoms in total. The van der Waals surface area contributed by atoms with E-state index in [4.69, 9.17) is 9.72 Å². The Kier molecular flexibility index (Phi) is 13.8. The minimum absolute atomic E-state index is 0.278. The molecule has 2 rings (SSSR count). The molecule has 0 unspecified atom stereocenters. The maximum absolute atomic E-state index is 6.09. The van der Waals surface area contributed by atoms with Crippen LogP contribution >= 0.6 is 0 Å². The van der Waals surface area contributed by atoms with Crippen molar-refractivity contribution in [2.24, 2.45) is 0 Å². The Bertz CT molecular complexity index is 692. The van der Waals surface area contributed by atoms with Crippen molar-refractivity contribution in [2.75, 3.05) is 0 Å². The Balaban J connectivity index is 1.66. The highest BCUT2D eigenvalue weighted by Gasteiger charge is 2.05. The topological polar surface area (TPSA) is 22.1 Å². The molecule has 1 aromatic carbocycles. The zero-order valence-electron chi connectivity index (χ0n) is 21.1. The van der Waals surface area contributed by atoms with Gasteiger partial charge in [-0.1, -0.05) is 103 Å². The molecule has 1 aromatic heterocycles. The summed E-state index contributed by atoms with van der Waals surface area (Å²) in [7, 11) is 0. The van der Waals surface area contributed by atoms with Crippen molar-refractivity contribution in [1.29, 1.82) is 0 Å². The highest BCUT2D eigenvalue weighted by atomic mass is 16.5. The van der Waals surface area contributed by atoms with Gasteiger partial charge in [0, 0.05) is 17.5 Å². The normalized spacial score (nSPS) is 12.1. The highest BCUT2D eigenvalue weighted by molar-refractivity contribution is 5.63. The van der Waals surface area contributed by atoms with Gasteiger partial charge in [0.1, 0.15) is 5.75 Å². The maximum Gasteiger partial charge on any atom is 0.119 e. The van der Waals surface area contributed by atoms with Crippen LogP contribution in [-0.4, -0.2) is 11.1 Å². The number of pyridine rings is 1. The molecule has 32 heavy (non-hydrogen) atoms. The summed E-state index contributed by atoms with van der Waals surface area (Å²) in [4.78, 5) is 4.71. The number of hydrogen-bond donors (Lipinski definition) is 0. The summed E-state index contributed by atoms with van der Waals surface area (Å²) < 4.78 is 6.09. The van der Waals surface area contributed by atoms with Gasteiger partial charge in [0.15, 0.2) is 0 Å². The fraction of sp³-hybridized carbons (Fsp3) is 0.633. The number of aromatic nitrogens is 1. The smallest absolute Gasteiger partial charge is 0.119 e. The van der Waals surface area contributed by atoms with Gasteiger partial charge in [0.2, 0.25) is 0 Å². The highest BCUT2D eigenvalue weighted by Crippen LogP contribution is 2.23. The first kappa shape index (κ1) is 26.4. The van der Waals surface area contributed by atoms with Gasteiger partial charge in [0.05, 0.1) is 6.10 Å². The average molecular weight is 438 g/mol. The lowest BCUT2D eigenvalue weighted by Gasteiger charge is -2.15. The van der Waals surface area contributed by atoms with Crippen LogP contribution in [0.1, 0.15) is 116 Å². The molecule has 0 bridgehead atoms. The molecule has 0 amide bonds. The fourth-order valence-corrected chi connectivity index (χ4v) is 4.24. The van der Waals surface area contributed by atoms with Crippen LogP contribution in [0.3, 0.4) is 0 Å². The molecule has 1 atom stereocenters. The first-order chi connectivity index (χ1) is 15.7. The largest absolute Gasteiger partial charge is 0.491 e. The van der Waals surface area contributed by atoms with Gasteiger partial charge >= 0.3 is 0 Å². The zero-order chi connectivity index (χ0) is 22.9. The minimum Gasteiger partial charge on any atom is -0.491 e. The maximum atomic E-state index is 6.09. The van der Waals surface area contributed by atoms with Gasteiger partial charge in [-0.15, -0.1) is 0 Å². The van der Waals surface area contributed by atoms with Gasteiger partial charge in [-0.05, 0) is 56.4 Å². The first-order valence-corrected chi connectivity index (χ1v) is 13.4. The number of nitrogens with zero attached hydrogens (tertiary/aromatic N) is 1. The number of aryl methyl sites for hydroxylation is 1. The lowest BCUT2D eigenvalue weighted by atomic mass is 10.0. The molecule has 0 aliphatic carbocycles. The average Bonchev–Trinajstić information content (AvgIpc) is 2.82. The van der Waals surface area contributed by atoms with E-state index in [2.05, 4.69) is 57.2 Å². The molecule has 178 valence electrons. The quantitative estimate of drug-likeness (QED) is 0.217. The third-order valence-corrected chi connectivity index (χ3v) is 6.35. The van der Waals surface area contributed by atoms with Crippen LogP contribution in [0.4, 0.5) is 0 Å². The molecule has 2 aromatic rings. The third-order valence-electron chi connectivity index (χ3n) is 6.35. The molecule has 0 saturated heterocycles. The van der Waals surface area contributed by atoms with E-state index in [9.17, 15) is 0 Å². The second kappa shape index (κ2) is 16.8. The number of unbranched alkanes of at least 4 members (excludes halogenated alkanes) is 11. The number of ether oxygens (including phenoxy) is 1. The first-order valence-electron chi connectivity index (χ1n) is 13.4. The molecule has 1 heterocycles. The number of rotatable bonds is 18. The Morgan fingerprint density at radius 2 is 1.22 bits per heavy atom. The molecule has 0 N–H and O–H groups in total. The lowest BCUT2D eigenvalue weighted by molar-refractivity contribution is 0.206. The van der Waals surface area contributed by atoms with Crippen LogP contribution < -0.4 is 4.74 Å². The fourth-order valence-electron chi connectivity index (χ4n) is 4.24. The van der Waals surface area contributed by atoms with Gasteiger partial charge < -0.3 is 4.74 Å². The van der Waals surface area contributed by atoms with E-state index in [0.717, 1.165) is 18.6 Å². The second-order valence-electron chi connectivity index (χ2n) is 9.42. The van der Waals surface area contributed by atoms with Gasteiger partial charge in [-0.25, -0.2) is 0 Å². The van der Waals surface area contributed by atoms with Crippen LogP contribution in [0.25, 0.3) is 11.1 Å². The van der Waals surface area contributed by atoms with Crippen LogP contribution in [0, 0.1) is 0 Å². The van der Waals surface area contributed by atoms with Crippen molar-refractivity contribution in [1.82, 2.24) is 4.98 Å². The predicted molar refractivity (Wildman–Crippen MR) is 139 cm³/mol. The van der Waals surface area contributed by atoms with Crippen LogP contribution in [-0.2, 0) is 6.42 Å². The van der Waals surface area contributed by atoms with Gasteiger partial charge in [-0.3, -0.25) is 4.98 Å². The molecule has 0 aliphatic rings. The Morgan fingerprint density at radius 3 is 1.81 bits per heavy atom. The van der Waals surface area contributed by atoms with Crippen molar-refractivity contribution in [3.63, 3.8) is 0 Å². The van der Waals surface area contributed by atoms with E-state index >= 15 is 0 Å². The Labute approximate surface area is 198 Å². The van der Waals surface area contributed by atoms with E-state index < -0.39 is 0 Å². The summed E-state index contributed by atoms with van der Waals surface area (Å²) in [6.45, 7) is 6.71. The molecule has 0 spiro atoms. The van der Waals surface area contributed by atoms with Crippen LogP contribution in [0.5, 0.6) is 5.75 Å². The standard InChI is InChI=1S/C30H47NO/c1-4-6-8-10-11-12-13-14-16-18-29-22-19-28(25-31-29)27-20-23-30(24-21-27)32-26(3)17-15-9-7-5-2/h19-26H,4-18H2,1-3H3/t26-/m1/s1. The minimum atomic E-state index is 0.278. The molecule has 2 heteroatoms. The monoisotopic (exact) mass is 437 g/mol. The zero-order valence-corrected chi connectivity index (χ0v) is 21.1. The van der Waals surface area contributed by atoms with Crippen molar-refractivity contribution >= 4 is 0 Å². The van der Waals surface area contributed by atoms with Crippen molar-refractivity contribution < 1.29 is 4.74 Å². The Morgan fingerprint density at radius 1 is 0.656 bits per heavy atom. The summed E-state index contributed by atoms with van der Waals surface area (Å²) >= 11 is 0. The third kappa shape index (κ3) is 11.2. The molecule has 0 fully saturated rings. The lowest BCUT2D eigenvalue weighted by Crippen LogP contribution is -2.11. The molecule has 0 saturated carbocycles. The number of hydrogen-bond acceptors (Lipinski definition) is 2. The molecule has 0 aliphatic heterocycles. The van der Waals surface area contributed by atoms with Crippen molar-refractivity contribution in [3.05, 3.63) is 48.3 Å². The van der Waals surface area contributed by atoms with Crippen molar-refractivity contribution in [2.45, 2.75) is 123 Å². The van der Waals surface area contributed by atoms with Gasteiger partial charge in [0.25, 0.3) is 0 Å². The molecular weight excluding hydrogens is 390 g/mol. The van der Waals surface area contributed by atoms with E-state index in [1.54, 1.807) is 0 Å². The van der Waals surface area contributed by atoms with E-state index in [1.165, 1.54) is 100 Å². The van der Waals surface area contributed by atoms with Crippen LogP contribution in [0.2, 0.25) is 0 Å². The van der Waals surface area contributed by atoms with Gasteiger partial charge in [-0.2, -0.15) is 0 Å². The van der Waals surface area contributed by atoms with E-state index in [1.807, 2.05) is 6.20 Å². The summed E-state index contributed by atoms with van der Waals surface area (Å²) in [6, 6.07) is 12.9. The van der Waals surface area contributed by atoms with E-state index in [-0.39, 0.29) is 6.10 Å². The molecular formula is C30H47NO. The second-order valence-corrected chi connectivity index (χ2v) is 9.42. The summed E-state index contributed by atoms with van der Waals surface area (Å²) in [6.07, 6.45) is 22.0. The molecule has 0 radical (unpaired) electrons. The predicted octanol–water partition coefficient (Wildman–Crippen LogP) is 9.56. The summed E-state index contributed by atoms with van der Waals surface area (Å²) in [5.41, 5.74) is 3.60. The van der Waals surface area contributed by atoms with E-state index in [0.29, 0.717) is 0 Å². The van der Waals surface area contributed by atoms with Crippen molar-refractivity contribution in [3.8, 4) is 16.9 Å².